The van der Waals surface area contributed by atoms with E-state index in [4.69, 9.17) is 20.4 Å². The second-order valence-corrected chi connectivity index (χ2v) is 13.5. The van der Waals surface area contributed by atoms with Gasteiger partial charge in [0.05, 0.1) is 37.1 Å². The van der Waals surface area contributed by atoms with Crippen molar-refractivity contribution >= 4 is 21.2 Å². The number of piperidine rings is 1. The Bertz CT molecular complexity index is 1370. The van der Waals surface area contributed by atoms with Gasteiger partial charge in [-0.3, -0.25) is 18.8 Å². The highest BCUT2D eigenvalue weighted by Gasteiger charge is 2.50. The molecule has 0 amide bonds. The lowest BCUT2D eigenvalue weighted by Gasteiger charge is -2.52. The van der Waals surface area contributed by atoms with Crippen molar-refractivity contribution < 1.29 is 23.0 Å². The highest BCUT2D eigenvalue weighted by atomic mass is 19.4. The number of rotatable bonds is 7. The molecule has 0 bridgehead atoms. The lowest BCUT2D eigenvalue weighted by atomic mass is 9.63. The third-order valence-corrected chi connectivity index (χ3v) is 10.5. The third kappa shape index (κ3) is 5.95. The van der Waals surface area contributed by atoms with Gasteiger partial charge in [-0.15, -0.1) is 0 Å². The molecule has 3 saturated heterocycles. The molecule has 0 spiro atoms. The molecule has 14 heteroatoms. The monoisotopic (exact) mass is 600 g/mol. The summed E-state index contributed by atoms with van der Waals surface area (Å²) < 4.78 is 51.7. The summed E-state index contributed by atoms with van der Waals surface area (Å²) in [6.07, 6.45) is 3.94. The fourth-order valence-corrected chi connectivity index (χ4v) is 7.95. The summed E-state index contributed by atoms with van der Waals surface area (Å²) in [6, 6.07) is 0.761. The number of halogens is 3. The zero-order valence-corrected chi connectivity index (χ0v) is 24.9. The van der Waals surface area contributed by atoms with Crippen molar-refractivity contribution in [2.45, 2.75) is 88.7 Å². The number of hydrogen-bond donors (Lipinski definition) is 3. The van der Waals surface area contributed by atoms with Crippen molar-refractivity contribution in [1.29, 1.82) is 0 Å². The van der Waals surface area contributed by atoms with Gasteiger partial charge in [0, 0.05) is 42.0 Å². The molecule has 3 aliphatic heterocycles. The van der Waals surface area contributed by atoms with Crippen LogP contribution < -0.4 is 16.5 Å². The first-order valence-corrected chi connectivity index (χ1v) is 15.5. The number of ether oxygens (including phenoxy) is 1. The van der Waals surface area contributed by atoms with Crippen LogP contribution in [0.15, 0.2) is 23.3 Å². The number of imidazole rings is 1. The topological polar surface area (TPSA) is 86.4 Å². The second kappa shape index (κ2) is 11.5. The van der Waals surface area contributed by atoms with Crippen molar-refractivity contribution in [2.75, 3.05) is 33.0 Å². The van der Waals surface area contributed by atoms with Crippen LogP contribution in [0.5, 0.6) is 0 Å². The van der Waals surface area contributed by atoms with Gasteiger partial charge in [0.15, 0.2) is 0 Å². The van der Waals surface area contributed by atoms with E-state index in [0.717, 1.165) is 38.8 Å². The van der Waals surface area contributed by atoms with E-state index in [1.165, 1.54) is 21.2 Å². The lowest BCUT2D eigenvalue weighted by molar-refractivity contribution is -0.171. The zero-order valence-electron chi connectivity index (χ0n) is 24.9. The smallest absolute Gasteiger partial charge is 0.395 e. The highest BCUT2D eigenvalue weighted by molar-refractivity contribution is 6.38. The standard InChI is InChI=1S/C29H41B2F3N6O3/c1-18-5-4-8-37(12-18)19(2)20-9-23(28(32,33)34)24-14-38(26(41)39(24)13-20)22-7-3-6-21(10-22)27(15-43-16-27)11-25-36-35-17-40(25)29(30,31)42/h9,13-14,18-19,21-22,25,35-36,42H,3-8,10-12,15-17H2,1-2H3/t18-,19+,21?,22?,25?/m0/s1. The van der Waals surface area contributed by atoms with E-state index in [2.05, 4.69) is 22.7 Å². The molecule has 232 valence electrons. The van der Waals surface area contributed by atoms with Gasteiger partial charge in [0.2, 0.25) is 0 Å². The van der Waals surface area contributed by atoms with Crippen LogP contribution in [0.3, 0.4) is 0 Å². The minimum absolute atomic E-state index is 0.105. The maximum absolute atomic E-state index is 14.4. The number of alkyl halides is 3. The maximum Gasteiger partial charge on any atom is 0.418 e. The van der Waals surface area contributed by atoms with Crippen LogP contribution in [0.2, 0.25) is 0 Å². The SMILES string of the molecule is [B]C([B])(O)N1CNNC1CC1(C2CCCC(n3cc4c(C(F)(F)F)cc([C@@H](C)N5CCC[C@H](C)C5)cn4c3=O)C2)COC1. The van der Waals surface area contributed by atoms with Crippen LogP contribution in [0.25, 0.3) is 5.52 Å². The second-order valence-electron chi connectivity index (χ2n) is 13.5. The summed E-state index contributed by atoms with van der Waals surface area (Å²) in [5, 5.41) is 10.2. The summed E-state index contributed by atoms with van der Waals surface area (Å²) in [4.78, 5) is 17.6. The Kier molecular flexibility index (Phi) is 8.34. The quantitative estimate of drug-likeness (QED) is 0.422. The molecule has 9 nitrogen and oxygen atoms in total. The number of hydrazine groups is 1. The molecule has 4 aliphatic rings. The van der Waals surface area contributed by atoms with E-state index in [9.17, 15) is 23.1 Å². The molecule has 3 N–H and O–H groups in total. The van der Waals surface area contributed by atoms with Crippen molar-refractivity contribution in [3.8, 4) is 0 Å². The molecular formula is C29H41B2F3N6O3. The van der Waals surface area contributed by atoms with E-state index >= 15 is 0 Å². The zero-order chi connectivity index (χ0) is 30.7. The normalized spacial score (nSPS) is 30.0. The molecule has 6 rings (SSSR count). The van der Waals surface area contributed by atoms with Gasteiger partial charge in [0.25, 0.3) is 0 Å². The van der Waals surface area contributed by atoms with E-state index in [1.54, 1.807) is 11.1 Å². The minimum Gasteiger partial charge on any atom is -0.395 e. The van der Waals surface area contributed by atoms with Crippen molar-refractivity contribution in [3.05, 3.63) is 40.1 Å². The van der Waals surface area contributed by atoms with Gasteiger partial charge < -0.3 is 9.84 Å². The Morgan fingerprint density at radius 2 is 1.95 bits per heavy atom. The number of fused-ring (bicyclic) bond motifs is 1. The average Bonchev–Trinajstić information content (AvgIpc) is 3.54. The number of pyridine rings is 1. The van der Waals surface area contributed by atoms with Gasteiger partial charge >= 0.3 is 11.9 Å². The van der Waals surface area contributed by atoms with Crippen LogP contribution in [0.1, 0.15) is 82.0 Å². The Hall–Kier alpha value is -1.83. The molecule has 4 fully saturated rings. The molecule has 43 heavy (non-hydrogen) atoms. The summed E-state index contributed by atoms with van der Waals surface area (Å²) in [6.45, 7) is 7.06. The van der Waals surface area contributed by atoms with Crippen LogP contribution in [-0.4, -0.2) is 84.2 Å². The molecule has 5 heterocycles. The molecule has 1 saturated carbocycles. The Balaban J connectivity index is 1.29. The average molecular weight is 600 g/mol. The number of nitrogens with one attached hydrogen (secondary N) is 2. The fraction of sp³-hybridized carbons (Fsp3) is 0.759. The molecule has 2 aromatic rings. The molecule has 3 unspecified atom stereocenters. The first kappa shape index (κ1) is 31.2. The predicted molar refractivity (Wildman–Crippen MR) is 157 cm³/mol. The van der Waals surface area contributed by atoms with E-state index in [0.29, 0.717) is 44.0 Å². The molecule has 0 aromatic carbocycles. The van der Waals surface area contributed by atoms with Crippen LogP contribution in [0, 0.1) is 17.3 Å². The van der Waals surface area contributed by atoms with Gasteiger partial charge in [0.1, 0.15) is 15.7 Å². The number of likely N-dealkylation sites (tertiary alicyclic amines) is 1. The largest absolute Gasteiger partial charge is 0.418 e. The summed E-state index contributed by atoms with van der Waals surface area (Å²) in [5.41, 5.74) is 3.08. The van der Waals surface area contributed by atoms with Gasteiger partial charge in [-0.25, -0.2) is 15.6 Å². The van der Waals surface area contributed by atoms with Crippen LogP contribution in [-0.2, 0) is 10.9 Å². The van der Waals surface area contributed by atoms with E-state index in [-0.39, 0.29) is 41.8 Å². The Morgan fingerprint density at radius 3 is 2.60 bits per heavy atom. The van der Waals surface area contributed by atoms with Crippen LogP contribution in [0.4, 0.5) is 13.2 Å². The minimum atomic E-state index is -4.60. The molecule has 5 atom stereocenters. The van der Waals surface area contributed by atoms with Gasteiger partial charge in [-0.2, -0.15) is 13.2 Å². The number of aromatic nitrogens is 2. The Morgan fingerprint density at radius 1 is 1.19 bits per heavy atom. The number of hydrogen-bond acceptors (Lipinski definition) is 7. The molecule has 4 radical (unpaired) electrons. The van der Waals surface area contributed by atoms with E-state index < -0.39 is 23.0 Å². The molecular weight excluding hydrogens is 559 g/mol. The van der Waals surface area contributed by atoms with Crippen molar-refractivity contribution in [3.63, 3.8) is 0 Å². The molecule has 1 aliphatic carbocycles. The van der Waals surface area contributed by atoms with Crippen molar-refractivity contribution in [2.24, 2.45) is 17.3 Å². The van der Waals surface area contributed by atoms with E-state index in [1.807, 2.05) is 6.92 Å². The van der Waals surface area contributed by atoms with Crippen molar-refractivity contribution in [1.82, 2.24) is 29.6 Å². The summed E-state index contributed by atoms with van der Waals surface area (Å²) in [5.74, 6) is 0.650. The lowest BCUT2D eigenvalue weighted by Crippen LogP contribution is -2.59. The third-order valence-electron chi connectivity index (χ3n) is 10.5. The first-order chi connectivity index (χ1) is 20.3. The number of aliphatic hydroxyl groups is 1. The molecule has 2 aromatic heterocycles. The summed E-state index contributed by atoms with van der Waals surface area (Å²) in [7, 11) is 11.6. The number of nitrogens with zero attached hydrogens (tertiary/aromatic N) is 4. The summed E-state index contributed by atoms with van der Waals surface area (Å²) >= 11 is 0. The van der Waals surface area contributed by atoms with Gasteiger partial charge in [-0.05, 0) is 75.5 Å². The first-order valence-electron chi connectivity index (χ1n) is 15.5. The maximum atomic E-state index is 14.4. The Labute approximate surface area is 252 Å². The van der Waals surface area contributed by atoms with Crippen LogP contribution >= 0.6 is 0 Å². The van der Waals surface area contributed by atoms with Gasteiger partial charge in [-0.1, -0.05) is 13.3 Å². The fourth-order valence-electron chi connectivity index (χ4n) is 7.95. The predicted octanol–water partition coefficient (Wildman–Crippen LogP) is 2.68. The highest BCUT2D eigenvalue weighted by Crippen LogP contribution is 2.50.